The Morgan fingerprint density at radius 2 is 1.43 bits per heavy atom. The van der Waals surface area contributed by atoms with Gasteiger partial charge in [0.25, 0.3) is 0 Å². The lowest BCUT2D eigenvalue weighted by molar-refractivity contribution is 1.30. The quantitative estimate of drug-likeness (QED) is 0.412. The summed E-state index contributed by atoms with van der Waals surface area (Å²) in [6, 6.07) is 0. The molecule has 0 rings (SSSR count). The topological polar surface area (TPSA) is 0 Å². The van der Waals surface area contributed by atoms with Crippen molar-refractivity contribution in [1.82, 2.24) is 0 Å². The molecule has 0 aliphatic rings. The third kappa shape index (κ3) is 3.18. The van der Waals surface area contributed by atoms with E-state index in [1.807, 2.05) is 0 Å². The molecular formula is C5H14SSi. The molecule has 0 saturated heterocycles. The van der Waals surface area contributed by atoms with Crippen molar-refractivity contribution in [2.75, 3.05) is 0 Å². The Morgan fingerprint density at radius 3 is 1.43 bits per heavy atom. The third-order valence-corrected chi connectivity index (χ3v) is 6.08. The van der Waals surface area contributed by atoms with E-state index in [1.54, 1.807) is 0 Å². The molecular weight excluding hydrogens is 120 g/mol. The molecule has 0 amide bonds. The van der Waals surface area contributed by atoms with Crippen molar-refractivity contribution >= 4 is 20.7 Å². The molecule has 0 aliphatic heterocycles. The highest BCUT2D eigenvalue weighted by Crippen LogP contribution is 2.11. The molecule has 0 nitrogen and oxygen atoms in total. The van der Waals surface area contributed by atoms with E-state index in [-0.39, 0.29) is 0 Å². The molecule has 0 bridgehead atoms. The van der Waals surface area contributed by atoms with Crippen LogP contribution in [0.5, 0.6) is 0 Å². The summed E-state index contributed by atoms with van der Waals surface area (Å²) in [6.07, 6.45) is 0. The molecule has 0 aromatic heterocycles. The van der Waals surface area contributed by atoms with Crippen LogP contribution >= 0.6 is 12.6 Å². The van der Waals surface area contributed by atoms with Crippen LogP contribution in [0.3, 0.4) is 0 Å². The van der Waals surface area contributed by atoms with Crippen LogP contribution in [0, 0.1) is 0 Å². The van der Waals surface area contributed by atoms with E-state index in [9.17, 15) is 0 Å². The smallest absolute Gasteiger partial charge is 0.0580 e. The average molecular weight is 134 g/mol. The average Bonchev–Trinajstić information content (AvgIpc) is 1.31. The number of thiol groups is 1. The minimum absolute atomic E-state index is 0.632. The molecule has 7 heavy (non-hydrogen) atoms. The Morgan fingerprint density at radius 1 is 1.29 bits per heavy atom. The van der Waals surface area contributed by atoms with Crippen LogP contribution in [-0.2, 0) is 0 Å². The molecule has 0 aromatic rings. The predicted octanol–water partition coefficient (Wildman–Crippen LogP) is 2.18. The van der Waals surface area contributed by atoms with Crippen LogP contribution in [0.4, 0.5) is 0 Å². The number of hydrogen-bond acceptors (Lipinski definition) is 1. The number of rotatable bonds is 1. The second-order valence-corrected chi connectivity index (χ2v) is 9.90. The lowest BCUT2D eigenvalue weighted by Gasteiger charge is -2.18. The maximum absolute atomic E-state index is 4.34. The summed E-state index contributed by atoms with van der Waals surface area (Å²) in [5, 5.41) is 0. The monoisotopic (exact) mass is 134 g/mol. The Bertz CT molecular complexity index is 53.6. The molecule has 0 radical (unpaired) electrons. The summed E-state index contributed by atoms with van der Waals surface area (Å²) in [4.78, 5) is 0.632. The maximum Gasteiger partial charge on any atom is 0.0580 e. The maximum atomic E-state index is 4.34. The van der Waals surface area contributed by atoms with Crippen molar-refractivity contribution in [3.63, 3.8) is 0 Å². The Hall–Kier alpha value is 0.567. The van der Waals surface area contributed by atoms with Gasteiger partial charge in [-0.2, -0.15) is 12.6 Å². The summed E-state index contributed by atoms with van der Waals surface area (Å²) >= 11 is 4.34. The number of hydrogen-bond donors (Lipinski definition) is 1. The third-order valence-electron chi connectivity index (χ3n) is 1.25. The standard InChI is InChI=1S/C5H14SSi/c1-5(6)7(2,3)4/h5-6H,1-4H3. The zero-order valence-corrected chi connectivity index (χ0v) is 7.42. The molecule has 1 atom stereocenters. The van der Waals surface area contributed by atoms with Gasteiger partial charge in [0.05, 0.1) is 8.07 Å². The first kappa shape index (κ1) is 7.57. The van der Waals surface area contributed by atoms with Crippen molar-refractivity contribution < 1.29 is 0 Å². The van der Waals surface area contributed by atoms with Gasteiger partial charge in [-0.1, -0.05) is 26.6 Å². The van der Waals surface area contributed by atoms with Gasteiger partial charge in [0.2, 0.25) is 0 Å². The Balaban J connectivity index is 3.54. The SMILES string of the molecule is CC(S)[Si](C)(C)C. The van der Waals surface area contributed by atoms with Gasteiger partial charge >= 0.3 is 0 Å². The fourth-order valence-corrected chi connectivity index (χ4v) is 0. The second kappa shape index (κ2) is 2.22. The fraction of sp³-hybridized carbons (Fsp3) is 1.00. The van der Waals surface area contributed by atoms with Crippen LogP contribution in [0.2, 0.25) is 19.6 Å². The van der Waals surface area contributed by atoms with E-state index in [0.29, 0.717) is 4.87 Å². The highest BCUT2D eigenvalue weighted by Gasteiger charge is 2.17. The Kier molecular flexibility index (Phi) is 2.40. The van der Waals surface area contributed by atoms with Crippen molar-refractivity contribution in [3.8, 4) is 0 Å². The van der Waals surface area contributed by atoms with E-state index < -0.39 is 8.07 Å². The first-order valence-corrected chi connectivity index (χ1v) is 6.72. The lowest BCUT2D eigenvalue weighted by atomic mass is 11.0. The second-order valence-electron chi connectivity index (χ2n) is 3.04. The highest BCUT2D eigenvalue weighted by atomic mass is 32.1. The van der Waals surface area contributed by atoms with E-state index in [4.69, 9.17) is 0 Å². The van der Waals surface area contributed by atoms with Crippen molar-refractivity contribution in [3.05, 3.63) is 0 Å². The van der Waals surface area contributed by atoms with Crippen molar-refractivity contribution in [2.45, 2.75) is 31.4 Å². The van der Waals surface area contributed by atoms with Crippen LogP contribution < -0.4 is 0 Å². The summed E-state index contributed by atoms with van der Waals surface area (Å²) in [6.45, 7) is 9.15. The zero-order valence-electron chi connectivity index (χ0n) is 5.52. The summed E-state index contributed by atoms with van der Waals surface area (Å²) in [5.41, 5.74) is 0. The van der Waals surface area contributed by atoms with E-state index in [2.05, 4.69) is 39.2 Å². The van der Waals surface area contributed by atoms with Gasteiger partial charge in [-0.25, -0.2) is 0 Å². The van der Waals surface area contributed by atoms with Crippen LogP contribution in [-0.4, -0.2) is 12.9 Å². The molecule has 0 N–H and O–H groups in total. The van der Waals surface area contributed by atoms with Gasteiger partial charge in [0.15, 0.2) is 0 Å². The first-order chi connectivity index (χ1) is 2.94. The molecule has 0 spiro atoms. The molecule has 2 heteroatoms. The predicted molar refractivity (Wildman–Crippen MR) is 41.8 cm³/mol. The first-order valence-electron chi connectivity index (χ1n) is 2.62. The van der Waals surface area contributed by atoms with E-state index in [0.717, 1.165) is 0 Å². The summed E-state index contributed by atoms with van der Waals surface area (Å²) in [7, 11) is -0.870. The molecule has 0 heterocycles. The highest BCUT2D eigenvalue weighted by molar-refractivity contribution is 7.83. The largest absolute Gasteiger partial charge is 0.179 e. The summed E-state index contributed by atoms with van der Waals surface area (Å²) < 4.78 is 0. The van der Waals surface area contributed by atoms with Gasteiger partial charge in [-0.05, 0) is 4.87 Å². The minimum Gasteiger partial charge on any atom is -0.179 e. The van der Waals surface area contributed by atoms with Gasteiger partial charge < -0.3 is 0 Å². The molecule has 44 valence electrons. The van der Waals surface area contributed by atoms with E-state index in [1.165, 1.54) is 0 Å². The van der Waals surface area contributed by atoms with Gasteiger partial charge in [0.1, 0.15) is 0 Å². The Labute approximate surface area is 52.7 Å². The van der Waals surface area contributed by atoms with Crippen molar-refractivity contribution in [1.29, 1.82) is 0 Å². The van der Waals surface area contributed by atoms with Crippen molar-refractivity contribution in [2.24, 2.45) is 0 Å². The normalized spacial score (nSPS) is 16.7. The fourth-order valence-electron chi connectivity index (χ4n) is 0. The molecule has 0 fully saturated rings. The van der Waals surface area contributed by atoms with E-state index >= 15 is 0 Å². The molecule has 0 saturated carbocycles. The minimum atomic E-state index is -0.870. The van der Waals surface area contributed by atoms with Gasteiger partial charge in [0, 0.05) is 0 Å². The van der Waals surface area contributed by atoms with Gasteiger partial charge in [-0.15, -0.1) is 0 Å². The zero-order chi connectivity index (χ0) is 6.08. The molecule has 1 unspecified atom stereocenters. The molecule has 0 aromatic carbocycles. The van der Waals surface area contributed by atoms with Gasteiger partial charge in [-0.3, -0.25) is 0 Å². The lowest BCUT2D eigenvalue weighted by Crippen LogP contribution is -2.31. The van der Waals surface area contributed by atoms with Crippen LogP contribution in [0.1, 0.15) is 6.92 Å². The summed E-state index contributed by atoms with van der Waals surface area (Å²) in [5.74, 6) is 0. The van der Waals surface area contributed by atoms with Crippen LogP contribution in [0.15, 0.2) is 0 Å². The van der Waals surface area contributed by atoms with Crippen LogP contribution in [0.25, 0.3) is 0 Å². The molecule has 0 aliphatic carbocycles.